The Kier molecular flexibility index (Phi) is 7.39. The minimum atomic E-state index is -3.26. The molecule has 264 valence electrons. The highest BCUT2D eigenvalue weighted by Crippen LogP contribution is 2.57. The van der Waals surface area contributed by atoms with Crippen molar-refractivity contribution < 1.29 is 8.98 Å². The highest BCUT2D eigenvalue weighted by Gasteiger charge is 2.47. The van der Waals surface area contributed by atoms with E-state index in [1.165, 1.54) is 16.5 Å². The third-order valence-corrected chi connectivity index (χ3v) is 14.9. The van der Waals surface area contributed by atoms with Crippen LogP contribution >= 0.6 is 7.14 Å². The van der Waals surface area contributed by atoms with Gasteiger partial charge in [-0.3, -0.25) is 0 Å². The van der Waals surface area contributed by atoms with E-state index in [2.05, 4.69) is 152 Å². The molecule has 0 aliphatic heterocycles. The van der Waals surface area contributed by atoms with Gasteiger partial charge in [0.05, 0.1) is 5.41 Å². The van der Waals surface area contributed by atoms with Gasteiger partial charge in [-0.1, -0.05) is 182 Å². The standard InChI is InChI=1S/C53H35O2P/c54-56(41-20-9-3-10-21-41,42-22-11-4-12-23-42)43-28-31-46-45-29-26-38(37-27-32-51-48(33-37)47-30-25-36-15-13-14-24-44(36)52(47)55-51)34-49(45)53(50(46)35-43,39-16-5-1-6-17-39)40-18-7-2-8-19-40/h1-35H. The molecule has 0 N–H and O–H groups in total. The number of rotatable bonds is 6. The Hall–Kier alpha value is -6.73. The molecule has 0 radical (unpaired) electrons. The second kappa shape index (κ2) is 12.7. The first-order valence-corrected chi connectivity index (χ1v) is 20.8. The van der Waals surface area contributed by atoms with Crippen LogP contribution in [-0.2, 0) is 9.98 Å². The maximum atomic E-state index is 15.9. The molecule has 3 heteroatoms. The van der Waals surface area contributed by atoms with Crippen molar-refractivity contribution in [2.24, 2.45) is 0 Å². The summed E-state index contributed by atoms with van der Waals surface area (Å²) >= 11 is 0. The molecule has 1 aromatic heterocycles. The van der Waals surface area contributed by atoms with E-state index in [4.69, 9.17) is 4.42 Å². The molecule has 1 aliphatic carbocycles. The van der Waals surface area contributed by atoms with Crippen LogP contribution in [0, 0.1) is 0 Å². The lowest BCUT2D eigenvalue weighted by Gasteiger charge is -2.34. The molecule has 1 aliphatic rings. The Morgan fingerprint density at radius 2 is 0.929 bits per heavy atom. The Bertz CT molecular complexity index is 3070. The van der Waals surface area contributed by atoms with Crippen LogP contribution in [-0.4, -0.2) is 0 Å². The van der Waals surface area contributed by atoms with Crippen LogP contribution in [0.4, 0.5) is 0 Å². The van der Waals surface area contributed by atoms with Crippen molar-refractivity contribution in [1.82, 2.24) is 0 Å². The van der Waals surface area contributed by atoms with Crippen LogP contribution in [0.2, 0.25) is 0 Å². The van der Waals surface area contributed by atoms with E-state index in [1.54, 1.807) is 0 Å². The predicted molar refractivity (Wildman–Crippen MR) is 233 cm³/mol. The van der Waals surface area contributed by atoms with E-state index >= 15 is 4.57 Å². The van der Waals surface area contributed by atoms with Gasteiger partial charge in [0.25, 0.3) is 0 Å². The number of fused-ring (bicyclic) bond motifs is 8. The van der Waals surface area contributed by atoms with E-state index in [-0.39, 0.29) is 0 Å². The van der Waals surface area contributed by atoms with Gasteiger partial charge >= 0.3 is 0 Å². The molecular weight excluding hydrogens is 700 g/mol. The second-order valence-electron chi connectivity index (χ2n) is 14.7. The van der Waals surface area contributed by atoms with Gasteiger partial charge in [0.1, 0.15) is 11.2 Å². The predicted octanol–water partition coefficient (Wildman–Crippen LogP) is 12.4. The summed E-state index contributed by atoms with van der Waals surface area (Å²) in [6, 6.07) is 74.4. The summed E-state index contributed by atoms with van der Waals surface area (Å²) in [5, 5.41) is 6.98. The molecule has 0 saturated heterocycles. The zero-order valence-electron chi connectivity index (χ0n) is 30.5. The molecule has 0 bridgehead atoms. The van der Waals surface area contributed by atoms with Crippen molar-refractivity contribution in [2.45, 2.75) is 5.41 Å². The Morgan fingerprint density at radius 1 is 0.393 bits per heavy atom. The van der Waals surface area contributed by atoms with Gasteiger partial charge in [0, 0.05) is 32.1 Å². The van der Waals surface area contributed by atoms with E-state index in [1.807, 2.05) is 60.7 Å². The number of hydrogen-bond donors (Lipinski definition) is 0. The molecule has 0 unspecified atom stereocenters. The van der Waals surface area contributed by atoms with Gasteiger partial charge in [0.2, 0.25) is 0 Å². The maximum absolute atomic E-state index is 15.9. The van der Waals surface area contributed by atoms with Crippen LogP contribution in [0.1, 0.15) is 22.3 Å². The summed E-state index contributed by atoms with van der Waals surface area (Å²) < 4.78 is 22.4. The lowest BCUT2D eigenvalue weighted by atomic mass is 9.67. The highest BCUT2D eigenvalue weighted by molar-refractivity contribution is 7.85. The lowest BCUT2D eigenvalue weighted by Crippen LogP contribution is -2.31. The molecule has 0 fully saturated rings. The van der Waals surface area contributed by atoms with Gasteiger partial charge < -0.3 is 8.98 Å². The van der Waals surface area contributed by atoms with Crippen molar-refractivity contribution in [1.29, 1.82) is 0 Å². The molecule has 0 spiro atoms. The van der Waals surface area contributed by atoms with Crippen LogP contribution in [0.25, 0.3) is 55.0 Å². The van der Waals surface area contributed by atoms with Crippen molar-refractivity contribution >= 4 is 55.8 Å². The van der Waals surface area contributed by atoms with Gasteiger partial charge in [-0.15, -0.1) is 0 Å². The third-order valence-electron chi connectivity index (χ3n) is 11.8. The largest absolute Gasteiger partial charge is 0.455 e. The first-order valence-electron chi connectivity index (χ1n) is 19.1. The lowest BCUT2D eigenvalue weighted by molar-refractivity contribution is 0.592. The molecule has 1 heterocycles. The first kappa shape index (κ1) is 32.7. The molecule has 11 rings (SSSR count). The summed E-state index contributed by atoms with van der Waals surface area (Å²) in [7, 11) is -3.26. The van der Waals surface area contributed by atoms with E-state index in [0.717, 1.165) is 76.6 Å². The maximum Gasteiger partial charge on any atom is 0.171 e. The average molecular weight is 735 g/mol. The third kappa shape index (κ3) is 4.73. The van der Waals surface area contributed by atoms with Crippen LogP contribution in [0.5, 0.6) is 0 Å². The number of furan rings is 1. The first-order chi connectivity index (χ1) is 27.6. The van der Waals surface area contributed by atoms with Gasteiger partial charge in [-0.05, 0) is 80.2 Å². The Labute approximate surface area is 325 Å². The fourth-order valence-electron chi connectivity index (χ4n) is 9.26. The van der Waals surface area contributed by atoms with Crippen LogP contribution in [0.15, 0.2) is 217 Å². The normalized spacial score (nSPS) is 13.2. The van der Waals surface area contributed by atoms with Gasteiger partial charge in [-0.25, -0.2) is 0 Å². The highest BCUT2D eigenvalue weighted by atomic mass is 31.2. The summed E-state index contributed by atoms with van der Waals surface area (Å²) in [4.78, 5) is 0. The molecule has 0 atom stereocenters. The van der Waals surface area contributed by atoms with Crippen molar-refractivity contribution in [3.05, 3.63) is 235 Å². The summed E-state index contributed by atoms with van der Waals surface area (Å²) in [5.41, 5.74) is 10.4. The fraction of sp³-hybridized carbons (Fsp3) is 0.0189. The van der Waals surface area contributed by atoms with Crippen molar-refractivity contribution in [3.8, 4) is 22.3 Å². The van der Waals surface area contributed by atoms with Crippen LogP contribution in [0.3, 0.4) is 0 Å². The zero-order chi connectivity index (χ0) is 37.3. The summed E-state index contributed by atoms with van der Waals surface area (Å²) in [6.45, 7) is 0. The number of benzene rings is 9. The Balaban J connectivity index is 1.17. The molecule has 9 aromatic carbocycles. The fourth-order valence-corrected chi connectivity index (χ4v) is 11.9. The van der Waals surface area contributed by atoms with Crippen molar-refractivity contribution in [3.63, 3.8) is 0 Å². The topological polar surface area (TPSA) is 30.2 Å². The van der Waals surface area contributed by atoms with Crippen LogP contribution < -0.4 is 15.9 Å². The minimum absolute atomic E-state index is 0.678. The molecular formula is C53H35O2P. The zero-order valence-corrected chi connectivity index (χ0v) is 31.4. The quantitative estimate of drug-likeness (QED) is 0.159. The Morgan fingerprint density at radius 3 is 1.59 bits per heavy atom. The van der Waals surface area contributed by atoms with Gasteiger partial charge in [-0.2, -0.15) is 0 Å². The van der Waals surface area contributed by atoms with Crippen molar-refractivity contribution in [2.75, 3.05) is 0 Å². The monoisotopic (exact) mass is 734 g/mol. The SMILES string of the molecule is O=P(c1ccccc1)(c1ccccc1)c1ccc2c(c1)C(c1ccccc1)(c1ccccc1)c1cc(-c3ccc4oc5c6ccccc6ccc5c4c3)ccc1-2. The second-order valence-corrected chi connectivity index (χ2v) is 17.5. The summed E-state index contributed by atoms with van der Waals surface area (Å²) in [5.74, 6) is 0. The minimum Gasteiger partial charge on any atom is -0.455 e. The van der Waals surface area contributed by atoms with E-state index in [9.17, 15) is 0 Å². The van der Waals surface area contributed by atoms with Gasteiger partial charge in [0.15, 0.2) is 7.14 Å². The molecule has 0 amide bonds. The molecule has 2 nitrogen and oxygen atoms in total. The molecule has 0 saturated carbocycles. The smallest absolute Gasteiger partial charge is 0.171 e. The average Bonchev–Trinajstić information content (AvgIpc) is 3.80. The molecule has 56 heavy (non-hydrogen) atoms. The summed E-state index contributed by atoms with van der Waals surface area (Å²) in [6.07, 6.45) is 0. The van der Waals surface area contributed by atoms with E-state index < -0.39 is 12.6 Å². The molecule has 10 aromatic rings. The van der Waals surface area contributed by atoms with E-state index in [0.29, 0.717) is 0 Å². The number of hydrogen-bond acceptors (Lipinski definition) is 2.